The summed E-state index contributed by atoms with van der Waals surface area (Å²) < 4.78 is 5.48. The highest BCUT2D eigenvalue weighted by molar-refractivity contribution is 5.62. The number of nitrogens with zero attached hydrogens (tertiary/aromatic N) is 3. The lowest BCUT2D eigenvalue weighted by atomic mass is 9.95. The van der Waals surface area contributed by atoms with Crippen LogP contribution in [0.1, 0.15) is 25.0 Å². The maximum atomic E-state index is 5.48. The molecule has 2 aromatic rings. The van der Waals surface area contributed by atoms with E-state index in [0.29, 0.717) is 11.8 Å². The molecule has 0 unspecified atom stereocenters. The van der Waals surface area contributed by atoms with Gasteiger partial charge in [-0.25, -0.2) is 0 Å². The number of fused-ring (bicyclic) bond motifs is 1. The first kappa shape index (κ1) is 13.1. The van der Waals surface area contributed by atoms with Gasteiger partial charge in [0.05, 0.1) is 0 Å². The SMILES string of the molecule is CCN(CC)c1noc(-c2cccc3c2CCNC3)n1. The average molecular weight is 272 g/mol. The fraction of sp³-hybridized carbons (Fsp3) is 0.467. The molecule has 0 aliphatic carbocycles. The van der Waals surface area contributed by atoms with Crippen LogP contribution >= 0.6 is 0 Å². The predicted octanol–water partition coefficient (Wildman–Crippen LogP) is 2.23. The van der Waals surface area contributed by atoms with Crippen LogP contribution in [0.2, 0.25) is 0 Å². The molecule has 0 bridgehead atoms. The fourth-order valence-corrected chi connectivity index (χ4v) is 2.69. The Bertz CT molecular complexity index is 589. The van der Waals surface area contributed by atoms with E-state index >= 15 is 0 Å². The summed E-state index contributed by atoms with van der Waals surface area (Å²) in [4.78, 5) is 6.65. The first-order valence-electron chi connectivity index (χ1n) is 7.24. The second kappa shape index (κ2) is 5.63. The van der Waals surface area contributed by atoms with Gasteiger partial charge in [0.25, 0.3) is 11.8 Å². The number of nitrogens with one attached hydrogen (secondary N) is 1. The van der Waals surface area contributed by atoms with Crippen molar-refractivity contribution >= 4 is 5.95 Å². The van der Waals surface area contributed by atoms with E-state index < -0.39 is 0 Å². The monoisotopic (exact) mass is 272 g/mol. The van der Waals surface area contributed by atoms with Crippen molar-refractivity contribution in [1.82, 2.24) is 15.5 Å². The second-order valence-electron chi connectivity index (χ2n) is 4.94. The molecule has 1 aromatic carbocycles. The van der Waals surface area contributed by atoms with E-state index in [9.17, 15) is 0 Å². The van der Waals surface area contributed by atoms with E-state index in [4.69, 9.17) is 4.52 Å². The van der Waals surface area contributed by atoms with Gasteiger partial charge >= 0.3 is 0 Å². The van der Waals surface area contributed by atoms with Gasteiger partial charge in [0.15, 0.2) is 0 Å². The van der Waals surface area contributed by atoms with E-state index in [1.807, 2.05) is 0 Å². The Hall–Kier alpha value is -1.88. The summed E-state index contributed by atoms with van der Waals surface area (Å²) in [5.41, 5.74) is 3.74. The summed E-state index contributed by atoms with van der Waals surface area (Å²) >= 11 is 0. The number of anilines is 1. The molecular formula is C15H20N4O. The highest BCUT2D eigenvalue weighted by Crippen LogP contribution is 2.28. The Labute approximate surface area is 119 Å². The Kier molecular flexibility index (Phi) is 3.69. The van der Waals surface area contributed by atoms with Gasteiger partial charge in [0.1, 0.15) is 0 Å². The molecule has 106 valence electrons. The molecule has 0 radical (unpaired) electrons. The van der Waals surface area contributed by atoms with Crippen LogP contribution in [0.4, 0.5) is 5.95 Å². The minimum absolute atomic E-state index is 0.630. The lowest BCUT2D eigenvalue weighted by Crippen LogP contribution is -2.24. The number of hydrogen-bond acceptors (Lipinski definition) is 5. The first-order valence-corrected chi connectivity index (χ1v) is 7.24. The average Bonchev–Trinajstić information content (AvgIpc) is 2.97. The van der Waals surface area contributed by atoms with Crippen molar-refractivity contribution in [2.45, 2.75) is 26.8 Å². The largest absolute Gasteiger partial charge is 0.339 e. The maximum Gasteiger partial charge on any atom is 0.266 e. The van der Waals surface area contributed by atoms with Crippen LogP contribution in [0, 0.1) is 0 Å². The highest BCUT2D eigenvalue weighted by Gasteiger charge is 2.19. The van der Waals surface area contributed by atoms with Crippen molar-refractivity contribution in [3.63, 3.8) is 0 Å². The van der Waals surface area contributed by atoms with E-state index in [1.54, 1.807) is 0 Å². The van der Waals surface area contributed by atoms with Gasteiger partial charge in [0.2, 0.25) is 0 Å². The van der Waals surface area contributed by atoms with Crippen LogP contribution in [-0.4, -0.2) is 29.8 Å². The third-order valence-corrected chi connectivity index (χ3v) is 3.83. The number of rotatable bonds is 4. The lowest BCUT2D eigenvalue weighted by Gasteiger charge is -2.18. The highest BCUT2D eigenvalue weighted by atomic mass is 16.5. The molecule has 0 saturated carbocycles. The molecule has 0 atom stereocenters. The van der Waals surface area contributed by atoms with Crippen molar-refractivity contribution in [1.29, 1.82) is 0 Å². The minimum atomic E-state index is 0.630. The molecule has 20 heavy (non-hydrogen) atoms. The van der Waals surface area contributed by atoms with Gasteiger partial charge in [-0.3, -0.25) is 0 Å². The van der Waals surface area contributed by atoms with Gasteiger partial charge in [0, 0.05) is 25.2 Å². The number of aromatic nitrogens is 2. The fourth-order valence-electron chi connectivity index (χ4n) is 2.69. The molecule has 1 aliphatic rings. The summed E-state index contributed by atoms with van der Waals surface area (Å²) in [5.74, 6) is 1.31. The van der Waals surface area contributed by atoms with Crippen LogP contribution in [-0.2, 0) is 13.0 Å². The Balaban J connectivity index is 1.97. The predicted molar refractivity (Wildman–Crippen MR) is 78.7 cm³/mol. The molecule has 1 aromatic heterocycles. The van der Waals surface area contributed by atoms with Crippen LogP contribution < -0.4 is 10.2 Å². The van der Waals surface area contributed by atoms with Crippen LogP contribution in [0.3, 0.4) is 0 Å². The van der Waals surface area contributed by atoms with Gasteiger partial charge < -0.3 is 14.7 Å². The molecule has 2 heterocycles. The first-order chi connectivity index (χ1) is 9.83. The topological polar surface area (TPSA) is 54.2 Å². The zero-order chi connectivity index (χ0) is 13.9. The van der Waals surface area contributed by atoms with E-state index in [2.05, 4.69) is 52.4 Å². The van der Waals surface area contributed by atoms with Gasteiger partial charge in [-0.05, 0) is 49.2 Å². The molecule has 5 nitrogen and oxygen atoms in total. The van der Waals surface area contributed by atoms with E-state index in [-0.39, 0.29) is 0 Å². The Morgan fingerprint density at radius 1 is 1.30 bits per heavy atom. The van der Waals surface area contributed by atoms with Gasteiger partial charge in [-0.15, -0.1) is 0 Å². The van der Waals surface area contributed by atoms with Crippen molar-refractivity contribution in [3.05, 3.63) is 29.3 Å². The van der Waals surface area contributed by atoms with Crippen LogP contribution in [0.25, 0.3) is 11.5 Å². The minimum Gasteiger partial charge on any atom is -0.339 e. The van der Waals surface area contributed by atoms with Crippen LogP contribution in [0.15, 0.2) is 22.7 Å². The smallest absolute Gasteiger partial charge is 0.266 e. The summed E-state index contributed by atoms with van der Waals surface area (Å²) in [6.07, 6.45) is 1.01. The zero-order valence-electron chi connectivity index (χ0n) is 12.0. The zero-order valence-corrected chi connectivity index (χ0v) is 12.0. The normalized spacial score (nSPS) is 14.1. The summed E-state index contributed by atoms with van der Waals surface area (Å²) in [5, 5.41) is 7.49. The summed E-state index contributed by atoms with van der Waals surface area (Å²) in [6, 6.07) is 6.29. The standard InChI is InChI=1S/C15H20N4O/c1-3-19(4-2)15-17-14(20-18-15)13-7-5-6-11-10-16-9-8-12(11)13/h5-7,16H,3-4,8-10H2,1-2H3. The van der Waals surface area contributed by atoms with Crippen molar-refractivity contribution in [3.8, 4) is 11.5 Å². The van der Waals surface area contributed by atoms with Crippen molar-refractivity contribution < 1.29 is 4.52 Å². The third-order valence-electron chi connectivity index (χ3n) is 3.83. The van der Waals surface area contributed by atoms with Crippen molar-refractivity contribution in [2.75, 3.05) is 24.5 Å². The second-order valence-corrected chi connectivity index (χ2v) is 4.94. The van der Waals surface area contributed by atoms with E-state index in [0.717, 1.165) is 38.2 Å². The molecule has 5 heteroatoms. The molecule has 1 aliphatic heterocycles. The summed E-state index contributed by atoms with van der Waals surface area (Å²) in [7, 11) is 0. The molecule has 1 N–H and O–H groups in total. The summed E-state index contributed by atoms with van der Waals surface area (Å²) in [6.45, 7) is 7.87. The Morgan fingerprint density at radius 3 is 2.95 bits per heavy atom. The quantitative estimate of drug-likeness (QED) is 0.925. The van der Waals surface area contributed by atoms with Crippen LogP contribution in [0.5, 0.6) is 0 Å². The van der Waals surface area contributed by atoms with Gasteiger partial charge in [-0.1, -0.05) is 12.1 Å². The van der Waals surface area contributed by atoms with E-state index in [1.165, 1.54) is 11.1 Å². The lowest BCUT2D eigenvalue weighted by molar-refractivity contribution is 0.429. The van der Waals surface area contributed by atoms with Crippen molar-refractivity contribution in [2.24, 2.45) is 0 Å². The number of hydrogen-bond donors (Lipinski definition) is 1. The molecule has 3 rings (SSSR count). The third kappa shape index (κ3) is 2.29. The Morgan fingerprint density at radius 2 is 2.15 bits per heavy atom. The van der Waals surface area contributed by atoms with Gasteiger partial charge in [-0.2, -0.15) is 4.98 Å². The maximum absolute atomic E-state index is 5.48. The molecule has 0 amide bonds. The molecular weight excluding hydrogens is 252 g/mol. The number of benzene rings is 1. The molecule has 0 fully saturated rings. The molecule has 0 spiro atoms. The molecule has 0 saturated heterocycles.